The first-order chi connectivity index (χ1) is 16.1. The average molecular weight is 456 g/mol. The van der Waals surface area contributed by atoms with Crippen LogP contribution in [0.1, 0.15) is 29.2 Å². The molecule has 0 fully saturated rings. The van der Waals surface area contributed by atoms with E-state index in [1.54, 1.807) is 30.3 Å². The summed E-state index contributed by atoms with van der Waals surface area (Å²) in [7, 11) is 1.60. The zero-order valence-electron chi connectivity index (χ0n) is 17.9. The molecule has 0 saturated heterocycles. The second-order valence-corrected chi connectivity index (χ2v) is 8.60. The number of hydrogen-bond acceptors (Lipinski definition) is 6. The minimum absolute atomic E-state index is 0.191. The first-order valence-electron chi connectivity index (χ1n) is 10.5. The zero-order valence-corrected chi connectivity index (χ0v) is 18.7. The maximum absolute atomic E-state index is 12.8. The Kier molecular flexibility index (Phi) is 5.71. The van der Waals surface area contributed by atoms with Gasteiger partial charge in [0.2, 0.25) is 0 Å². The lowest BCUT2D eigenvalue weighted by Crippen LogP contribution is -2.23. The van der Waals surface area contributed by atoms with Crippen LogP contribution in [0.2, 0.25) is 0 Å². The number of carbonyl (C=O) groups is 1. The molecule has 2 aliphatic rings. The highest BCUT2D eigenvalue weighted by Crippen LogP contribution is 2.42. The minimum atomic E-state index is -0.319. The summed E-state index contributed by atoms with van der Waals surface area (Å²) in [4.78, 5) is 17.6. The molecule has 3 aromatic rings. The number of amidine groups is 1. The molecule has 164 valence electrons. The van der Waals surface area contributed by atoms with Gasteiger partial charge in [-0.15, -0.1) is 0 Å². The van der Waals surface area contributed by atoms with Crippen LogP contribution in [-0.2, 0) is 4.79 Å². The molecule has 5 rings (SSSR count). The summed E-state index contributed by atoms with van der Waals surface area (Å²) < 4.78 is 5.41. The van der Waals surface area contributed by atoms with Crippen molar-refractivity contribution in [3.8, 4) is 11.5 Å². The van der Waals surface area contributed by atoms with E-state index < -0.39 is 0 Å². The number of amides is 1. The van der Waals surface area contributed by atoms with Crippen molar-refractivity contribution in [2.24, 2.45) is 10.1 Å². The molecule has 2 aliphatic heterocycles. The molecule has 0 radical (unpaired) electrons. The van der Waals surface area contributed by atoms with E-state index in [0.717, 1.165) is 22.4 Å². The number of nitrogens with zero attached hydrogens (tertiary/aromatic N) is 3. The fourth-order valence-corrected chi connectivity index (χ4v) is 4.83. The van der Waals surface area contributed by atoms with Crippen molar-refractivity contribution in [3.63, 3.8) is 0 Å². The summed E-state index contributed by atoms with van der Waals surface area (Å²) in [5.41, 5.74) is 3.42. The summed E-state index contributed by atoms with van der Waals surface area (Å²) in [6, 6.07) is 24.4. The van der Waals surface area contributed by atoms with Crippen LogP contribution in [0, 0.1) is 0 Å². The lowest BCUT2D eigenvalue weighted by atomic mass is 9.98. The first kappa shape index (κ1) is 21.0. The van der Waals surface area contributed by atoms with Gasteiger partial charge in [0, 0.05) is 17.5 Å². The predicted molar refractivity (Wildman–Crippen MR) is 131 cm³/mol. The number of para-hydroxylation sites is 2. The van der Waals surface area contributed by atoms with Gasteiger partial charge in [-0.3, -0.25) is 4.79 Å². The van der Waals surface area contributed by atoms with Gasteiger partial charge in [-0.2, -0.15) is 10.1 Å². The van der Waals surface area contributed by atoms with Crippen LogP contribution >= 0.6 is 11.8 Å². The quantitative estimate of drug-likeness (QED) is 0.546. The number of hydrogen-bond donors (Lipinski definition) is 1. The standard InChI is InChI=1S/C26H21N3O3S/c1-32-23-14-8-5-11-18(23)15-24-25(31)27-26(33-24)29-21(19-12-6-7-13-22(19)30)16-20(28-29)17-9-3-2-4-10-17/h2-15,21,30H,16H2,1H3/b24-15-. The lowest BCUT2D eigenvalue weighted by Gasteiger charge is -2.23. The second kappa shape index (κ2) is 8.96. The van der Waals surface area contributed by atoms with E-state index in [-0.39, 0.29) is 17.7 Å². The number of aliphatic imine (C=N–C) groups is 1. The molecule has 1 N–H and O–H groups in total. The highest BCUT2D eigenvalue weighted by Gasteiger charge is 2.37. The molecule has 0 spiro atoms. The zero-order chi connectivity index (χ0) is 22.8. The van der Waals surface area contributed by atoms with Crippen LogP contribution in [0.4, 0.5) is 0 Å². The van der Waals surface area contributed by atoms with Crippen molar-refractivity contribution in [2.75, 3.05) is 7.11 Å². The van der Waals surface area contributed by atoms with E-state index in [4.69, 9.17) is 9.84 Å². The van der Waals surface area contributed by atoms with Crippen LogP contribution in [-0.4, -0.2) is 34.0 Å². The highest BCUT2D eigenvalue weighted by molar-refractivity contribution is 8.18. The average Bonchev–Trinajstić information content (AvgIpc) is 3.44. The van der Waals surface area contributed by atoms with Gasteiger partial charge in [-0.1, -0.05) is 66.7 Å². The number of rotatable bonds is 4. The largest absolute Gasteiger partial charge is 0.508 e. The Bertz CT molecular complexity index is 1300. The molecule has 2 heterocycles. The van der Waals surface area contributed by atoms with Crippen molar-refractivity contribution in [3.05, 3.63) is 100 Å². The monoisotopic (exact) mass is 455 g/mol. The Morgan fingerprint density at radius 3 is 2.55 bits per heavy atom. The fourth-order valence-electron chi connectivity index (χ4n) is 3.93. The Morgan fingerprint density at radius 1 is 1.03 bits per heavy atom. The number of ether oxygens (including phenoxy) is 1. The summed E-state index contributed by atoms with van der Waals surface area (Å²) >= 11 is 1.27. The molecule has 7 heteroatoms. The van der Waals surface area contributed by atoms with Crippen molar-refractivity contribution in [1.82, 2.24) is 5.01 Å². The van der Waals surface area contributed by atoms with E-state index >= 15 is 0 Å². The van der Waals surface area contributed by atoms with Gasteiger partial charge in [0.05, 0.1) is 23.8 Å². The fraction of sp³-hybridized carbons (Fsp3) is 0.115. The molecular weight excluding hydrogens is 434 g/mol. The van der Waals surface area contributed by atoms with E-state index in [0.29, 0.717) is 22.2 Å². The summed E-state index contributed by atoms with van der Waals surface area (Å²) in [6.45, 7) is 0. The molecule has 0 aromatic heterocycles. The van der Waals surface area contributed by atoms with Crippen molar-refractivity contribution in [2.45, 2.75) is 12.5 Å². The molecule has 0 saturated carbocycles. The van der Waals surface area contributed by atoms with Gasteiger partial charge < -0.3 is 9.84 Å². The maximum atomic E-state index is 12.8. The minimum Gasteiger partial charge on any atom is -0.508 e. The molecule has 1 unspecified atom stereocenters. The smallest absolute Gasteiger partial charge is 0.286 e. The molecule has 33 heavy (non-hydrogen) atoms. The first-order valence-corrected chi connectivity index (χ1v) is 11.3. The van der Waals surface area contributed by atoms with Crippen molar-refractivity contribution >= 4 is 34.6 Å². The third kappa shape index (κ3) is 4.15. The molecule has 1 atom stereocenters. The van der Waals surface area contributed by atoms with Crippen LogP contribution in [0.5, 0.6) is 11.5 Å². The predicted octanol–water partition coefficient (Wildman–Crippen LogP) is 5.22. The number of hydrazone groups is 1. The number of thioether (sulfide) groups is 1. The van der Waals surface area contributed by atoms with Crippen molar-refractivity contribution in [1.29, 1.82) is 0 Å². The van der Waals surface area contributed by atoms with E-state index in [2.05, 4.69) is 4.99 Å². The maximum Gasteiger partial charge on any atom is 0.286 e. The van der Waals surface area contributed by atoms with Gasteiger partial charge in [-0.25, -0.2) is 5.01 Å². The summed E-state index contributed by atoms with van der Waals surface area (Å²) in [5, 5.41) is 17.6. The lowest BCUT2D eigenvalue weighted by molar-refractivity contribution is -0.113. The van der Waals surface area contributed by atoms with Crippen LogP contribution in [0.25, 0.3) is 6.08 Å². The topological polar surface area (TPSA) is 74.5 Å². The molecule has 6 nitrogen and oxygen atoms in total. The Morgan fingerprint density at radius 2 is 1.76 bits per heavy atom. The molecular formula is C26H21N3O3S. The summed E-state index contributed by atoms with van der Waals surface area (Å²) in [6.07, 6.45) is 2.37. The number of phenols is 1. The van der Waals surface area contributed by atoms with Crippen LogP contribution in [0.15, 0.2) is 93.9 Å². The summed E-state index contributed by atoms with van der Waals surface area (Å²) in [5.74, 6) is 0.557. The van der Waals surface area contributed by atoms with Crippen molar-refractivity contribution < 1.29 is 14.6 Å². The SMILES string of the molecule is COc1ccccc1/C=C1\SC(N2N=C(c3ccccc3)CC2c2ccccc2O)=NC1=O. The van der Waals surface area contributed by atoms with Gasteiger partial charge in [0.1, 0.15) is 11.5 Å². The second-order valence-electron chi connectivity index (χ2n) is 7.59. The van der Waals surface area contributed by atoms with Gasteiger partial charge in [-0.05, 0) is 35.5 Å². The normalized spacial score (nSPS) is 19.1. The number of benzene rings is 3. The number of carbonyl (C=O) groups excluding carboxylic acids is 1. The van der Waals surface area contributed by atoms with Gasteiger partial charge >= 0.3 is 0 Å². The third-order valence-corrected chi connectivity index (χ3v) is 6.52. The van der Waals surface area contributed by atoms with E-state index in [1.807, 2.05) is 66.7 Å². The van der Waals surface area contributed by atoms with Crippen LogP contribution in [0.3, 0.4) is 0 Å². The molecule has 0 aliphatic carbocycles. The Balaban J connectivity index is 1.50. The van der Waals surface area contributed by atoms with Crippen LogP contribution < -0.4 is 4.74 Å². The van der Waals surface area contributed by atoms with E-state index in [9.17, 15) is 9.90 Å². The molecule has 0 bridgehead atoms. The Hall–Kier alpha value is -3.84. The van der Waals surface area contributed by atoms with Gasteiger partial charge in [0.25, 0.3) is 5.91 Å². The molecule has 3 aromatic carbocycles. The van der Waals surface area contributed by atoms with Gasteiger partial charge in [0.15, 0.2) is 5.17 Å². The number of phenolic OH excluding ortho intramolecular Hbond substituents is 1. The number of methoxy groups -OCH3 is 1. The third-order valence-electron chi connectivity index (χ3n) is 5.54. The van der Waals surface area contributed by atoms with E-state index in [1.165, 1.54) is 11.8 Å². The number of aromatic hydroxyl groups is 1. The molecule has 1 amide bonds. The Labute approximate surface area is 195 Å². The highest BCUT2D eigenvalue weighted by atomic mass is 32.2.